The summed E-state index contributed by atoms with van der Waals surface area (Å²) in [7, 11) is 0. The van der Waals surface area contributed by atoms with Crippen molar-refractivity contribution in [3.8, 4) is 5.75 Å². The van der Waals surface area contributed by atoms with Gasteiger partial charge in [-0.05, 0) is 30.3 Å². The van der Waals surface area contributed by atoms with Crippen LogP contribution in [0.25, 0.3) is 0 Å². The summed E-state index contributed by atoms with van der Waals surface area (Å²) in [5.41, 5.74) is 1.33. The maximum Gasteiger partial charge on any atom is 0.133 e. The topological polar surface area (TPSA) is 45.1 Å². The summed E-state index contributed by atoms with van der Waals surface area (Å²) in [6.45, 7) is 0.431. The van der Waals surface area contributed by atoms with E-state index in [1.54, 1.807) is 18.2 Å². The molecule has 0 amide bonds. The molecule has 0 radical (unpaired) electrons. The molecule has 0 atom stereocenters. The van der Waals surface area contributed by atoms with E-state index in [9.17, 15) is 4.39 Å². The number of hydrogen-bond donors (Lipinski definition) is 2. The summed E-state index contributed by atoms with van der Waals surface area (Å²) < 4.78 is 13.0. The van der Waals surface area contributed by atoms with Gasteiger partial charge < -0.3 is 10.4 Å². The molecule has 1 aromatic heterocycles. The fraction of sp³-hybridized carbons (Fsp3) is 0.0833. The van der Waals surface area contributed by atoms with E-state index < -0.39 is 5.82 Å². The fourth-order valence-corrected chi connectivity index (χ4v) is 1.59. The molecule has 1 heterocycles. The smallest absolute Gasteiger partial charge is 0.133 e. The van der Waals surface area contributed by atoms with Gasteiger partial charge in [0.05, 0.1) is 18.4 Å². The van der Waals surface area contributed by atoms with Gasteiger partial charge in [0.2, 0.25) is 0 Å². The van der Waals surface area contributed by atoms with Crippen LogP contribution in [0.1, 0.15) is 5.69 Å². The highest BCUT2D eigenvalue weighted by Crippen LogP contribution is 2.18. The van der Waals surface area contributed by atoms with Gasteiger partial charge in [-0.2, -0.15) is 0 Å². The third-order valence-corrected chi connectivity index (χ3v) is 2.36. The van der Waals surface area contributed by atoms with Crippen molar-refractivity contribution in [1.29, 1.82) is 0 Å². The Bertz CT molecular complexity index is 496. The summed E-state index contributed by atoms with van der Waals surface area (Å²) in [6, 6.07) is 7.45. The number of benzene rings is 1. The summed E-state index contributed by atoms with van der Waals surface area (Å²) >= 11 is 5.72. The molecule has 2 aromatic rings. The molecule has 88 valence electrons. The molecule has 17 heavy (non-hydrogen) atoms. The van der Waals surface area contributed by atoms with Crippen LogP contribution in [0.2, 0.25) is 5.02 Å². The van der Waals surface area contributed by atoms with Gasteiger partial charge in [-0.15, -0.1) is 0 Å². The van der Waals surface area contributed by atoms with Gasteiger partial charge in [-0.25, -0.2) is 4.39 Å². The minimum absolute atomic E-state index is 0.113. The lowest BCUT2D eigenvalue weighted by Gasteiger charge is -2.06. The lowest BCUT2D eigenvalue weighted by molar-refractivity contribution is 0.472. The lowest BCUT2D eigenvalue weighted by atomic mass is 10.3. The largest absolute Gasteiger partial charge is 0.506 e. The standard InChI is InChI=1S/C12H10ClFN2O/c13-8-3-9(14)5-11(4-8)15-6-10-1-2-12(17)7-16-10/h1-5,7,15,17H,6H2. The third kappa shape index (κ3) is 3.32. The van der Waals surface area contributed by atoms with Gasteiger partial charge in [-0.1, -0.05) is 11.6 Å². The van der Waals surface area contributed by atoms with Crippen molar-refractivity contribution in [1.82, 2.24) is 4.98 Å². The van der Waals surface area contributed by atoms with E-state index in [2.05, 4.69) is 10.3 Å². The minimum Gasteiger partial charge on any atom is -0.506 e. The highest BCUT2D eigenvalue weighted by Gasteiger charge is 2.00. The monoisotopic (exact) mass is 252 g/mol. The van der Waals surface area contributed by atoms with Crippen LogP contribution < -0.4 is 5.32 Å². The van der Waals surface area contributed by atoms with E-state index >= 15 is 0 Å². The molecule has 0 aliphatic rings. The van der Waals surface area contributed by atoms with Crippen LogP contribution in [0, 0.1) is 5.82 Å². The predicted octanol–water partition coefficient (Wildman–Crippen LogP) is 3.19. The first-order valence-electron chi connectivity index (χ1n) is 4.97. The quantitative estimate of drug-likeness (QED) is 0.882. The maximum absolute atomic E-state index is 13.0. The number of rotatable bonds is 3. The molecule has 3 nitrogen and oxygen atoms in total. The van der Waals surface area contributed by atoms with Crippen LogP contribution in [-0.4, -0.2) is 10.1 Å². The number of halogens is 2. The van der Waals surface area contributed by atoms with E-state index in [4.69, 9.17) is 16.7 Å². The zero-order chi connectivity index (χ0) is 12.3. The van der Waals surface area contributed by atoms with Gasteiger partial charge in [0.15, 0.2) is 0 Å². The van der Waals surface area contributed by atoms with E-state index in [0.29, 0.717) is 17.3 Å². The van der Waals surface area contributed by atoms with E-state index in [0.717, 1.165) is 5.69 Å². The van der Waals surface area contributed by atoms with Gasteiger partial charge in [0.25, 0.3) is 0 Å². The Balaban J connectivity index is 2.04. The number of pyridine rings is 1. The zero-order valence-electron chi connectivity index (χ0n) is 8.82. The number of nitrogens with zero attached hydrogens (tertiary/aromatic N) is 1. The van der Waals surface area contributed by atoms with Crippen molar-refractivity contribution in [3.63, 3.8) is 0 Å². The second-order valence-electron chi connectivity index (χ2n) is 3.52. The van der Waals surface area contributed by atoms with Crippen molar-refractivity contribution in [2.45, 2.75) is 6.54 Å². The molecule has 0 aliphatic heterocycles. The van der Waals surface area contributed by atoms with Gasteiger partial charge in [0.1, 0.15) is 11.6 Å². The van der Waals surface area contributed by atoms with Crippen LogP contribution in [0.15, 0.2) is 36.5 Å². The van der Waals surface area contributed by atoms with Crippen molar-refractivity contribution in [2.75, 3.05) is 5.32 Å². The predicted molar refractivity (Wildman–Crippen MR) is 64.6 cm³/mol. The first-order valence-corrected chi connectivity index (χ1v) is 5.35. The van der Waals surface area contributed by atoms with Crippen LogP contribution in [-0.2, 0) is 6.54 Å². The van der Waals surface area contributed by atoms with Crippen LogP contribution in [0.3, 0.4) is 0 Å². The van der Waals surface area contributed by atoms with E-state index in [-0.39, 0.29) is 5.75 Å². The van der Waals surface area contributed by atoms with Gasteiger partial charge >= 0.3 is 0 Å². The molecule has 0 unspecified atom stereocenters. The Morgan fingerprint density at radius 2 is 2.12 bits per heavy atom. The van der Waals surface area contributed by atoms with Crippen molar-refractivity contribution >= 4 is 17.3 Å². The lowest BCUT2D eigenvalue weighted by Crippen LogP contribution is -2.01. The molecule has 1 aromatic carbocycles. The molecule has 0 spiro atoms. The van der Waals surface area contributed by atoms with Crippen LogP contribution in [0.4, 0.5) is 10.1 Å². The molecule has 0 saturated heterocycles. The zero-order valence-corrected chi connectivity index (χ0v) is 9.58. The summed E-state index contributed by atoms with van der Waals surface area (Å²) in [6.07, 6.45) is 1.36. The summed E-state index contributed by atoms with van der Waals surface area (Å²) in [4.78, 5) is 4.00. The number of aromatic hydroxyl groups is 1. The summed E-state index contributed by atoms with van der Waals surface area (Å²) in [5, 5.41) is 12.4. The number of hydrogen-bond acceptors (Lipinski definition) is 3. The van der Waals surface area contributed by atoms with Crippen molar-refractivity contribution in [3.05, 3.63) is 53.1 Å². The average molecular weight is 253 g/mol. The molecule has 0 aliphatic carbocycles. The third-order valence-electron chi connectivity index (χ3n) is 2.15. The Morgan fingerprint density at radius 1 is 1.29 bits per heavy atom. The maximum atomic E-state index is 13.0. The second-order valence-corrected chi connectivity index (χ2v) is 3.96. The second kappa shape index (κ2) is 5.01. The molecule has 2 rings (SSSR count). The van der Waals surface area contributed by atoms with Gasteiger partial charge in [0, 0.05) is 10.7 Å². The molecule has 2 N–H and O–H groups in total. The highest BCUT2D eigenvalue weighted by molar-refractivity contribution is 6.30. The molecular weight excluding hydrogens is 243 g/mol. The Morgan fingerprint density at radius 3 is 2.76 bits per heavy atom. The van der Waals surface area contributed by atoms with Crippen molar-refractivity contribution < 1.29 is 9.50 Å². The Hall–Kier alpha value is -1.81. The molecule has 0 bridgehead atoms. The average Bonchev–Trinajstić information content (AvgIpc) is 2.27. The normalized spacial score (nSPS) is 10.2. The van der Waals surface area contributed by atoms with E-state index in [1.165, 1.54) is 18.3 Å². The number of aromatic nitrogens is 1. The highest BCUT2D eigenvalue weighted by atomic mass is 35.5. The molecule has 0 saturated carbocycles. The van der Waals surface area contributed by atoms with E-state index in [1.807, 2.05) is 0 Å². The van der Waals surface area contributed by atoms with Crippen molar-refractivity contribution in [2.24, 2.45) is 0 Å². The number of anilines is 1. The fourth-order valence-electron chi connectivity index (χ4n) is 1.37. The SMILES string of the molecule is Oc1ccc(CNc2cc(F)cc(Cl)c2)nc1. The van der Waals surface area contributed by atoms with Crippen LogP contribution in [0.5, 0.6) is 5.75 Å². The Kier molecular flexibility index (Phi) is 3.44. The molecular formula is C12H10ClFN2O. The van der Waals surface area contributed by atoms with Crippen LogP contribution >= 0.6 is 11.6 Å². The first-order chi connectivity index (χ1) is 8.13. The first kappa shape index (κ1) is 11.7. The Labute approximate surface area is 103 Å². The van der Waals surface area contributed by atoms with Gasteiger partial charge in [-0.3, -0.25) is 4.98 Å². The molecule has 5 heteroatoms. The minimum atomic E-state index is -0.390. The summed E-state index contributed by atoms with van der Waals surface area (Å²) in [5.74, 6) is -0.277. The number of nitrogens with one attached hydrogen (secondary N) is 1. The molecule has 0 fully saturated rings.